The quantitative estimate of drug-likeness (QED) is 0.401. The summed E-state index contributed by atoms with van der Waals surface area (Å²) < 4.78 is 0. The molecule has 0 bridgehead atoms. The normalized spacial score (nSPS) is 14.7. The van der Waals surface area contributed by atoms with Crippen LogP contribution in [0.1, 0.15) is 108 Å². The second kappa shape index (κ2) is 13.7. The molecule has 0 aromatic heterocycles. The number of carbonyl (C=O) groups excluding carboxylic acids is 1. The molecule has 0 atom stereocenters. The number of Topliss-reactive ketones (excluding diaryl/α,β-unsaturated/α-hetero) is 1. The largest absolute Gasteiger partial charge is 0.295 e. The van der Waals surface area contributed by atoms with Crippen LogP contribution in [0.5, 0.6) is 0 Å². The zero-order valence-corrected chi connectivity index (χ0v) is 18.5. The van der Waals surface area contributed by atoms with Gasteiger partial charge in [0, 0.05) is 19.7 Å². The first-order valence-electron chi connectivity index (χ1n) is 10.5. The number of hydrogen-bond donors (Lipinski definition) is 0. The van der Waals surface area contributed by atoms with E-state index < -0.39 is 0 Å². The first kappa shape index (κ1) is 24.6. The van der Waals surface area contributed by atoms with Crippen molar-refractivity contribution in [2.75, 3.05) is 7.05 Å². The molecule has 0 spiro atoms. The average Bonchev–Trinajstić information content (AvgIpc) is 2.63. The maximum atomic E-state index is 11.8. The van der Waals surface area contributed by atoms with Crippen molar-refractivity contribution in [3.63, 3.8) is 0 Å². The van der Waals surface area contributed by atoms with Crippen LogP contribution in [0.4, 0.5) is 0 Å². The lowest BCUT2D eigenvalue weighted by Crippen LogP contribution is -2.15. The molecule has 1 aromatic carbocycles. The molecule has 0 radical (unpaired) electrons. The van der Waals surface area contributed by atoms with Gasteiger partial charge in [-0.1, -0.05) is 72.3 Å². The van der Waals surface area contributed by atoms with E-state index in [2.05, 4.69) is 37.9 Å². The van der Waals surface area contributed by atoms with Crippen LogP contribution < -0.4 is 0 Å². The summed E-state index contributed by atoms with van der Waals surface area (Å²) in [5.74, 6) is 0.904. The Morgan fingerprint density at radius 2 is 1.54 bits per heavy atom. The summed E-state index contributed by atoms with van der Waals surface area (Å²) in [6, 6.07) is 4.18. The molecular weight excluding hydrogens is 318 g/mol. The Kier molecular flexibility index (Phi) is 13.0. The average molecular weight is 362 g/mol. The van der Waals surface area contributed by atoms with Gasteiger partial charge >= 0.3 is 0 Å². The standard InChI is InChI=1S/C19H27NO.C3H8.C2H6.H2/c1-13-10-14(2)18(12-17(13)15(3)21)19(20-4)11-16-8-6-5-7-9-16;1-3-2;1-2;/h10,12,16H,5-9,11H2,1-4H3;3H2,1-2H3;1-2H3;1H. The van der Waals surface area contributed by atoms with Gasteiger partial charge in [0.15, 0.2) is 5.78 Å². The van der Waals surface area contributed by atoms with Gasteiger partial charge in [0.05, 0.1) is 0 Å². The van der Waals surface area contributed by atoms with Crippen molar-refractivity contribution in [3.8, 4) is 0 Å². The van der Waals surface area contributed by atoms with Gasteiger partial charge in [-0.15, -0.1) is 0 Å². The molecule has 2 nitrogen and oxygen atoms in total. The third-order valence-electron chi connectivity index (χ3n) is 4.74. The fraction of sp³-hybridized carbons (Fsp3) is 0.667. The number of rotatable bonds is 4. The van der Waals surface area contributed by atoms with Crippen LogP contribution in [-0.2, 0) is 0 Å². The number of aryl methyl sites for hydroxylation is 2. The minimum atomic E-state index is 0. The second-order valence-electron chi connectivity index (χ2n) is 7.12. The summed E-state index contributed by atoms with van der Waals surface area (Å²) in [4.78, 5) is 16.3. The minimum absolute atomic E-state index is 0. The van der Waals surface area contributed by atoms with Crippen LogP contribution in [0.15, 0.2) is 17.1 Å². The third kappa shape index (κ3) is 7.85. The lowest BCUT2D eigenvalue weighted by molar-refractivity contribution is 0.101. The lowest BCUT2D eigenvalue weighted by atomic mass is 9.83. The van der Waals surface area contributed by atoms with Crippen molar-refractivity contribution in [1.29, 1.82) is 0 Å². The van der Waals surface area contributed by atoms with Crippen molar-refractivity contribution in [1.82, 2.24) is 0 Å². The number of aliphatic imine (C=N–C) groups is 1. The van der Waals surface area contributed by atoms with Gasteiger partial charge in [0.1, 0.15) is 0 Å². The zero-order valence-electron chi connectivity index (χ0n) is 18.5. The molecule has 2 rings (SSSR count). The topological polar surface area (TPSA) is 29.4 Å². The third-order valence-corrected chi connectivity index (χ3v) is 4.74. The first-order valence-corrected chi connectivity index (χ1v) is 10.5. The summed E-state index contributed by atoms with van der Waals surface area (Å²) >= 11 is 0. The molecule has 1 saturated carbocycles. The fourth-order valence-electron chi connectivity index (χ4n) is 3.53. The molecule has 0 amide bonds. The monoisotopic (exact) mass is 361 g/mol. The Hall–Kier alpha value is -1.44. The van der Waals surface area contributed by atoms with Crippen molar-refractivity contribution in [2.24, 2.45) is 10.9 Å². The van der Waals surface area contributed by atoms with Gasteiger partial charge in [0.25, 0.3) is 0 Å². The maximum Gasteiger partial charge on any atom is 0.160 e. The molecule has 1 fully saturated rings. The molecule has 0 aliphatic heterocycles. The molecule has 0 saturated heterocycles. The highest BCUT2D eigenvalue weighted by Crippen LogP contribution is 2.29. The predicted molar refractivity (Wildman–Crippen MR) is 119 cm³/mol. The summed E-state index contributed by atoms with van der Waals surface area (Å²) in [5, 5.41) is 0. The molecule has 0 N–H and O–H groups in total. The van der Waals surface area contributed by atoms with E-state index in [-0.39, 0.29) is 7.21 Å². The Labute approximate surface area is 164 Å². The number of hydrogen-bond acceptors (Lipinski definition) is 2. The highest BCUT2D eigenvalue weighted by atomic mass is 16.1. The van der Waals surface area contributed by atoms with E-state index in [1.807, 2.05) is 27.8 Å². The van der Waals surface area contributed by atoms with Crippen LogP contribution in [-0.4, -0.2) is 18.5 Å². The van der Waals surface area contributed by atoms with Crippen molar-refractivity contribution < 1.29 is 6.22 Å². The van der Waals surface area contributed by atoms with Crippen molar-refractivity contribution in [3.05, 3.63) is 34.4 Å². The Morgan fingerprint density at radius 3 is 2.00 bits per heavy atom. The molecule has 1 aliphatic carbocycles. The summed E-state index contributed by atoms with van der Waals surface area (Å²) in [5.41, 5.74) is 5.46. The van der Waals surface area contributed by atoms with Gasteiger partial charge in [-0.3, -0.25) is 9.79 Å². The van der Waals surface area contributed by atoms with E-state index in [9.17, 15) is 4.79 Å². The van der Waals surface area contributed by atoms with Crippen LogP contribution in [0.25, 0.3) is 0 Å². The molecule has 150 valence electrons. The second-order valence-corrected chi connectivity index (χ2v) is 7.12. The summed E-state index contributed by atoms with van der Waals surface area (Å²) in [6.07, 6.45) is 9.04. The van der Waals surface area contributed by atoms with E-state index in [0.717, 1.165) is 23.5 Å². The number of benzene rings is 1. The number of nitrogens with zero attached hydrogens (tertiary/aromatic N) is 1. The van der Waals surface area contributed by atoms with Gasteiger partial charge in [-0.05, 0) is 55.9 Å². The van der Waals surface area contributed by atoms with Crippen LogP contribution in [0.3, 0.4) is 0 Å². The molecule has 0 heterocycles. The zero-order chi connectivity index (χ0) is 20.1. The van der Waals surface area contributed by atoms with Gasteiger partial charge < -0.3 is 0 Å². The van der Waals surface area contributed by atoms with Crippen molar-refractivity contribution in [2.45, 2.75) is 93.4 Å². The highest BCUT2D eigenvalue weighted by Gasteiger charge is 2.18. The Balaban J connectivity index is 0. The SMILES string of the molecule is CC.CCC.CN=C(CC1CCCCC1)c1cc(C(C)=O)c(C)cc1C.[HH]. The Bertz CT molecular complexity index is 572. The molecule has 2 heteroatoms. The summed E-state index contributed by atoms with van der Waals surface area (Å²) in [7, 11) is 1.88. The van der Waals surface area contributed by atoms with Crippen molar-refractivity contribution >= 4 is 11.5 Å². The number of carbonyl (C=O) groups is 1. The highest BCUT2D eigenvalue weighted by molar-refractivity contribution is 6.05. The maximum absolute atomic E-state index is 11.8. The summed E-state index contributed by atoms with van der Waals surface area (Å²) in [6.45, 7) is 14.0. The van der Waals surface area contributed by atoms with E-state index in [0.29, 0.717) is 0 Å². The van der Waals surface area contributed by atoms with E-state index in [1.54, 1.807) is 6.92 Å². The molecule has 1 aliphatic rings. The van der Waals surface area contributed by atoms with E-state index in [1.165, 1.54) is 55.4 Å². The van der Waals surface area contributed by atoms with Gasteiger partial charge in [0.2, 0.25) is 0 Å². The van der Waals surface area contributed by atoms with Gasteiger partial charge in [-0.25, -0.2) is 0 Å². The molecule has 26 heavy (non-hydrogen) atoms. The van der Waals surface area contributed by atoms with E-state index >= 15 is 0 Å². The van der Waals surface area contributed by atoms with Crippen LogP contribution >= 0.6 is 0 Å². The molecule has 1 aromatic rings. The first-order chi connectivity index (χ1) is 12.4. The lowest BCUT2D eigenvalue weighted by Gasteiger charge is -2.23. The predicted octanol–water partition coefficient (Wildman–Crippen LogP) is 7.58. The Morgan fingerprint density at radius 1 is 1.04 bits per heavy atom. The van der Waals surface area contributed by atoms with E-state index in [4.69, 9.17) is 0 Å². The minimum Gasteiger partial charge on any atom is -0.295 e. The van der Waals surface area contributed by atoms with Crippen LogP contribution in [0, 0.1) is 19.8 Å². The van der Waals surface area contributed by atoms with Gasteiger partial charge in [-0.2, -0.15) is 0 Å². The molecule has 0 unspecified atom stereocenters. The fourth-order valence-corrected chi connectivity index (χ4v) is 3.53. The van der Waals surface area contributed by atoms with Crippen LogP contribution in [0.2, 0.25) is 0 Å². The molecular formula is C24H43NO. The smallest absolute Gasteiger partial charge is 0.160 e. The number of ketones is 1.